The molecule has 0 radical (unpaired) electrons. The Morgan fingerprint density at radius 1 is 1.15 bits per heavy atom. The standard InChI is InChI=1S/C26H33NO7/c1-26(2,14-31-3)24-9-16-8-23(34-13-15-6-17(7-15)32-4)22(33-5)10-18(16)20-11-21(28)19(25(29)30)12-27(20)24/h8,10-12,15,17,24H,6-7,9,13-14H2,1-5H3,(H,29,30). The Morgan fingerprint density at radius 2 is 1.88 bits per heavy atom. The summed E-state index contributed by atoms with van der Waals surface area (Å²) < 4.78 is 24.5. The Balaban J connectivity index is 1.76. The summed E-state index contributed by atoms with van der Waals surface area (Å²) in [5, 5.41) is 9.55. The van der Waals surface area contributed by atoms with E-state index in [1.54, 1.807) is 21.3 Å². The molecule has 2 aromatic rings. The summed E-state index contributed by atoms with van der Waals surface area (Å²) in [6, 6.07) is 5.17. The predicted octanol–water partition coefficient (Wildman–Crippen LogP) is 3.80. The van der Waals surface area contributed by atoms with Gasteiger partial charge in [0.15, 0.2) is 16.9 Å². The summed E-state index contributed by atoms with van der Waals surface area (Å²) in [6.07, 6.45) is 4.38. The maximum absolute atomic E-state index is 12.6. The molecule has 2 aliphatic rings. The summed E-state index contributed by atoms with van der Waals surface area (Å²) in [5.74, 6) is 0.468. The van der Waals surface area contributed by atoms with Gasteiger partial charge in [0, 0.05) is 43.5 Å². The molecule has 0 amide bonds. The van der Waals surface area contributed by atoms with E-state index < -0.39 is 11.4 Å². The number of aromatic carboxylic acids is 1. The van der Waals surface area contributed by atoms with Crippen LogP contribution in [0.3, 0.4) is 0 Å². The molecule has 8 heteroatoms. The molecular weight excluding hydrogens is 438 g/mol. The second kappa shape index (κ2) is 9.43. The summed E-state index contributed by atoms with van der Waals surface area (Å²) in [7, 11) is 4.98. The minimum absolute atomic E-state index is 0.121. The number of hydrogen-bond acceptors (Lipinski definition) is 6. The summed E-state index contributed by atoms with van der Waals surface area (Å²) in [6.45, 7) is 5.23. The Morgan fingerprint density at radius 3 is 2.50 bits per heavy atom. The van der Waals surface area contributed by atoms with Crippen molar-refractivity contribution in [3.05, 3.63) is 45.7 Å². The maximum atomic E-state index is 12.6. The molecule has 184 valence electrons. The van der Waals surface area contributed by atoms with Crippen LogP contribution in [0.25, 0.3) is 11.3 Å². The maximum Gasteiger partial charge on any atom is 0.341 e. The van der Waals surface area contributed by atoms with Crippen LogP contribution in [0.5, 0.6) is 11.5 Å². The average molecular weight is 472 g/mol. The SMILES string of the molecule is COCC(C)(C)C1Cc2cc(OCC3CC(OC)C3)c(OC)cc2-c2cc(=O)c(C(=O)O)cn21. The van der Waals surface area contributed by atoms with Gasteiger partial charge in [-0.3, -0.25) is 4.79 Å². The number of carboxylic acid groups (broad SMARTS) is 1. The molecule has 1 unspecified atom stereocenters. The largest absolute Gasteiger partial charge is 0.493 e. The monoisotopic (exact) mass is 471 g/mol. The van der Waals surface area contributed by atoms with E-state index in [1.165, 1.54) is 12.3 Å². The molecular formula is C26H33NO7. The highest BCUT2D eigenvalue weighted by Crippen LogP contribution is 2.46. The van der Waals surface area contributed by atoms with E-state index >= 15 is 0 Å². The van der Waals surface area contributed by atoms with Crippen LogP contribution in [0.1, 0.15) is 48.7 Å². The number of hydrogen-bond donors (Lipinski definition) is 1. The number of pyridine rings is 1. The van der Waals surface area contributed by atoms with E-state index in [2.05, 4.69) is 13.8 Å². The van der Waals surface area contributed by atoms with Crippen molar-refractivity contribution in [3.8, 4) is 22.8 Å². The molecule has 1 fully saturated rings. The zero-order valence-electron chi connectivity index (χ0n) is 20.4. The number of aromatic nitrogens is 1. The van der Waals surface area contributed by atoms with Crippen LogP contribution in [0.4, 0.5) is 0 Å². The van der Waals surface area contributed by atoms with Crippen molar-refractivity contribution in [2.24, 2.45) is 11.3 Å². The topological polar surface area (TPSA) is 96.2 Å². The van der Waals surface area contributed by atoms with Gasteiger partial charge in [0.1, 0.15) is 5.56 Å². The number of fused-ring (bicyclic) bond motifs is 3. The number of rotatable bonds is 9. The van der Waals surface area contributed by atoms with E-state index in [9.17, 15) is 14.7 Å². The third kappa shape index (κ3) is 4.44. The van der Waals surface area contributed by atoms with Crippen LogP contribution in [0.2, 0.25) is 0 Å². The van der Waals surface area contributed by atoms with Crippen LogP contribution in [0.15, 0.2) is 29.2 Å². The highest BCUT2D eigenvalue weighted by Gasteiger charge is 2.37. The number of nitrogens with zero attached hydrogens (tertiary/aromatic N) is 1. The van der Waals surface area contributed by atoms with Crippen LogP contribution in [0, 0.1) is 11.3 Å². The Labute approximate surface area is 199 Å². The lowest BCUT2D eigenvalue weighted by molar-refractivity contribution is -0.0144. The molecule has 1 saturated carbocycles. The van der Waals surface area contributed by atoms with Crippen molar-refractivity contribution in [3.63, 3.8) is 0 Å². The van der Waals surface area contributed by atoms with Crippen molar-refractivity contribution in [1.29, 1.82) is 0 Å². The smallest absolute Gasteiger partial charge is 0.341 e. The lowest BCUT2D eigenvalue weighted by atomic mass is 9.77. The fourth-order valence-electron chi connectivity index (χ4n) is 5.10. The highest BCUT2D eigenvalue weighted by molar-refractivity contribution is 5.88. The van der Waals surface area contributed by atoms with Crippen LogP contribution in [-0.2, 0) is 15.9 Å². The normalized spacial score (nSPS) is 21.3. The molecule has 1 aromatic heterocycles. The van der Waals surface area contributed by atoms with Crippen molar-refractivity contribution in [1.82, 2.24) is 4.57 Å². The quantitative estimate of drug-likeness (QED) is 0.594. The van der Waals surface area contributed by atoms with Gasteiger partial charge in [0.2, 0.25) is 0 Å². The first-order valence-corrected chi connectivity index (χ1v) is 11.5. The minimum atomic E-state index is -1.23. The van der Waals surface area contributed by atoms with E-state index in [1.807, 2.05) is 16.7 Å². The van der Waals surface area contributed by atoms with Crippen molar-refractivity contribution in [2.45, 2.75) is 45.3 Å². The molecule has 1 aliphatic carbocycles. The third-order valence-electron chi connectivity index (χ3n) is 7.14. The molecule has 1 aliphatic heterocycles. The first kappa shape index (κ1) is 24.3. The van der Waals surface area contributed by atoms with Gasteiger partial charge in [-0.1, -0.05) is 13.8 Å². The number of ether oxygens (including phenoxy) is 4. The van der Waals surface area contributed by atoms with Crippen molar-refractivity contribution in [2.75, 3.05) is 34.5 Å². The first-order valence-electron chi connectivity index (χ1n) is 11.5. The van der Waals surface area contributed by atoms with Crippen molar-refractivity contribution >= 4 is 5.97 Å². The fourth-order valence-corrected chi connectivity index (χ4v) is 5.10. The molecule has 2 heterocycles. The highest BCUT2D eigenvalue weighted by atomic mass is 16.5. The van der Waals surface area contributed by atoms with Gasteiger partial charge in [-0.15, -0.1) is 0 Å². The van der Waals surface area contributed by atoms with Gasteiger partial charge in [-0.2, -0.15) is 0 Å². The molecule has 4 rings (SSSR count). The Kier molecular flexibility index (Phi) is 6.73. The van der Waals surface area contributed by atoms with E-state index in [4.69, 9.17) is 18.9 Å². The van der Waals surface area contributed by atoms with E-state index in [0.29, 0.717) is 48.8 Å². The number of carbonyl (C=O) groups is 1. The van der Waals surface area contributed by atoms with Crippen LogP contribution in [-0.4, -0.2) is 56.3 Å². The van der Waals surface area contributed by atoms with Crippen LogP contribution >= 0.6 is 0 Å². The molecule has 34 heavy (non-hydrogen) atoms. The van der Waals surface area contributed by atoms with Gasteiger partial charge in [0.25, 0.3) is 0 Å². The summed E-state index contributed by atoms with van der Waals surface area (Å²) in [4.78, 5) is 24.3. The van der Waals surface area contributed by atoms with E-state index in [-0.39, 0.29) is 17.0 Å². The van der Waals surface area contributed by atoms with Gasteiger partial charge in [-0.25, -0.2) is 4.79 Å². The lowest BCUT2D eigenvalue weighted by Crippen LogP contribution is -2.37. The van der Waals surface area contributed by atoms with Crippen LogP contribution < -0.4 is 14.9 Å². The number of benzene rings is 1. The Hall–Kier alpha value is -2.84. The zero-order valence-corrected chi connectivity index (χ0v) is 20.4. The molecule has 8 nitrogen and oxygen atoms in total. The van der Waals surface area contributed by atoms with Gasteiger partial charge < -0.3 is 28.6 Å². The molecule has 1 aromatic carbocycles. The van der Waals surface area contributed by atoms with Gasteiger partial charge >= 0.3 is 5.97 Å². The fraction of sp³-hybridized carbons (Fsp3) is 0.538. The molecule has 1 N–H and O–H groups in total. The van der Waals surface area contributed by atoms with Crippen molar-refractivity contribution < 1.29 is 28.8 Å². The minimum Gasteiger partial charge on any atom is -0.493 e. The second-order valence-electron chi connectivity index (χ2n) is 9.96. The second-order valence-corrected chi connectivity index (χ2v) is 9.96. The zero-order chi connectivity index (χ0) is 24.6. The van der Waals surface area contributed by atoms with Gasteiger partial charge in [-0.05, 0) is 42.9 Å². The average Bonchev–Trinajstić information content (AvgIpc) is 2.76. The molecule has 0 spiro atoms. The lowest BCUT2D eigenvalue weighted by Gasteiger charge is -2.41. The first-order chi connectivity index (χ1) is 16.2. The summed E-state index contributed by atoms with van der Waals surface area (Å²) >= 11 is 0. The van der Waals surface area contributed by atoms with Gasteiger partial charge in [0.05, 0.1) is 32.1 Å². The molecule has 0 saturated heterocycles. The predicted molar refractivity (Wildman–Crippen MR) is 127 cm³/mol. The molecule has 0 bridgehead atoms. The summed E-state index contributed by atoms with van der Waals surface area (Å²) in [5.41, 5.74) is 1.44. The number of methoxy groups -OCH3 is 3. The third-order valence-corrected chi connectivity index (χ3v) is 7.14. The Bertz CT molecular complexity index is 1130. The number of carboxylic acids is 1. The molecule has 1 atom stereocenters. The van der Waals surface area contributed by atoms with E-state index in [0.717, 1.165) is 24.0 Å².